The Kier molecular flexibility index (Phi) is 4.07. The molecule has 1 amide bonds. The molecule has 2 aromatic carbocycles. The summed E-state index contributed by atoms with van der Waals surface area (Å²) in [5.74, 6) is -1.79. The number of nitrogens with one attached hydrogen (secondary N) is 1. The van der Waals surface area contributed by atoms with E-state index in [0.29, 0.717) is 19.5 Å². The number of benzene rings is 2. The topological polar surface area (TPSA) is 36.1 Å². The summed E-state index contributed by atoms with van der Waals surface area (Å²) in [6.45, 7) is 2.91. The quantitative estimate of drug-likeness (QED) is 0.714. The zero-order chi connectivity index (χ0) is 18.3. The highest BCUT2D eigenvalue weighted by Crippen LogP contribution is 2.31. The van der Waals surface area contributed by atoms with Gasteiger partial charge in [-0.2, -0.15) is 0 Å². The average molecular weight is 352 g/mol. The first-order chi connectivity index (χ1) is 12.5. The average Bonchev–Trinajstić information content (AvgIpc) is 3.09. The van der Waals surface area contributed by atoms with Gasteiger partial charge in [-0.05, 0) is 42.7 Å². The largest absolute Gasteiger partial charge is 0.360 e. The highest BCUT2D eigenvalue weighted by Gasteiger charge is 2.23. The molecule has 0 saturated carbocycles. The SMILES string of the molecule is Cc1cccc2c(C3=CCN(C(=O)c4cc(F)ccc4F)CC3)c[nH]c12. The Balaban J connectivity index is 1.59. The molecule has 0 spiro atoms. The molecule has 5 heteroatoms. The highest BCUT2D eigenvalue weighted by molar-refractivity contribution is 5.97. The summed E-state index contributed by atoms with van der Waals surface area (Å²) in [6, 6.07) is 9.13. The Morgan fingerprint density at radius 3 is 2.81 bits per heavy atom. The van der Waals surface area contributed by atoms with Gasteiger partial charge in [-0.15, -0.1) is 0 Å². The predicted molar refractivity (Wildman–Crippen MR) is 97.9 cm³/mol. The number of nitrogens with zero attached hydrogens (tertiary/aromatic N) is 1. The maximum Gasteiger partial charge on any atom is 0.257 e. The zero-order valence-electron chi connectivity index (χ0n) is 14.4. The molecule has 1 aliphatic heterocycles. The monoisotopic (exact) mass is 352 g/mol. The van der Waals surface area contributed by atoms with E-state index in [1.807, 2.05) is 18.3 Å². The molecule has 0 atom stereocenters. The number of fused-ring (bicyclic) bond motifs is 1. The molecule has 1 aliphatic rings. The van der Waals surface area contributed by atoms with Crippen LogP contribution in [0.5, 0.6) is 0 Å². The van der Waals surface area contributed by atoms with Crippen LogP contribution in [0.4, 0.5) is 8.78 Å². The minimum atomic E-state index is -0.696. The van der Waals surface area contributed by atoms with E-state index in [9.17, 15) is 13.6 Å². The lowest BCUT2D eigenvalue weighted by molar-refractivity contribution is 0.0767. The number of aromatic amines is 1. The van der Waals surface area contributed by atoms with Crippen LogP contribution in [0, 0.1) is 18.6 Å². The van der Waals surface area contributed by atoms with Gasteiger partial charge in [-0.3, -0.25) is 4.79 Å². The van der Waals surface area contributed by atoms with Gasteiger partial charge < -0.3 is 9.88 Å². The Labute approximate surface area is 149 Å². The van der Waals surface area contributed by atoms with Gasteiger partial charge in [0, 0.05) is 35.8 Å². The molecule has 0 bridgehead atoms. The molecule has 26 heavy (non-hydrogen) atoms. The molecular weight excluding hydrogens is 334 g/mol. The molecule has 4 rings (SSSR count). The summed E-state index contributed by atoms with van der Waals surface area (Å²) in [5, 5.41) is 1.16. The van der Waals surface area contributed by atoms with Crippen LogP contribution < -0.4 is 0 Å². The van der Waals surface area contributed by atoms with Crippen LogP contribution in [0.2, 0.25) is 0 Å². The number of hydrogen-bond donors (Lipinski definition) is 1. The van der Waals surface area contributed by atoms with Crippen LogP contribution in [-0.2, 0) is 0 Å². The van der Waals surface area contributed by atoms with Crippen LogP contribution in [-0.4, -0.2) is 28.9 Å². The van der Waals surface area contributed by atoms with E-state index in [1.54, 1.807) is 4.90 Å². The van der Waals surface area contributed by atoms with Crippen molar-refractivity contribution in [3.8, 4) is 0 Å². The number of H-pyrrole nitrogens is 1. The lowest BCUT2D eigenvalue weighted by atomic mass is 9.98. The summed E-state index contributed by atoms with van der Waals surface area (Å²) in [6.07, 6.45) is 4.65. The lowest BCUT2D eigenvalue weighted by Gasteiger charge is -2.26. The number of para-hydroxylation sites is 1. The fourth-order valence-electron chi connectivity index (χ4n) is 3.50. The fourth-order valence-corrected chi connectivity index (χ4v) is 3.50. The van der Waals surface area contributed by atoms with Crippen LogP contribution in [0.1, 0.15) is 27.9 Å². The van der Waals surface area contributed by atoms with Crippen molar-refractivity contribution in [2.75, 3.05) is 13.1 Å². The van der Waals surface area contributed by atoms with Crippen molar-refractivity contribution in [2.45, 2.75) is 13.3 Å². The maximum atomic E-state index is 13.9. The van der Waals surface area contributed by atoms with E-state index >= 15 is 0 Å². The highest BCUT2D eigenvalue weighted by atomic mass is 19.1. The van der Waals surface area contributed by atoms with E-state index in [-0.39, 0.29) is 5.56 Å². The van der Waals surface area contributed by atoms with E-state index < -0.39 is 17.5 Å². The molecule has 0 saturated heterocycles. The van der Waals surface area contributed by atoms with E-state index in [0.717, 1.165) is 40.2 Å². The van der Waals surface area contributed by atoms with E-state index in [4.69, 9.17) is 0 Å². The Bertz CT molecular complexity index is 1040. The zero-order valence-corrected chi connectivity index (χ0v) is 14.4. The molecule has 0 fully saturated rings. The van der Waals surface area contributed by atoms with Crippen molar-refractivity contribution < 1.29 is 13.6 Å². The normalized spacial score (nSPS) is 14.6. The molecular formula is C21H18F2N2O. The van der Waals surface area contributed by atoms with Crippen LogP contribution in [0.25, 0.3) is 16.5 Å². The summed E-state index contributed by atoms with van der Waals surface area (Å²) in [4.78, 5) is 17.4. The summed E-state index contributed by atoms with van der Waals surface area (Å²) in [7, 11) is 0. The summed E-state index contributed by atoms with van der Waals surface area (Å²) < 4.78 is 27.2. The van der Waals surface area contributed by atoms with Gasteiger partial charge >= 0.3 is 0 Å². The predicted octanol–water partition coefficient (Wildman–Crippen LogP) is 4.68. The molecule has 3 aromatic rings. The molecule has 0 radical (unpaired) electrons. The maximum absolute atomic E-state index is 13.9. The van der Waals surface area contributed by atoms with Crippen molar-refractivity contribution >= 4 is 22.4 Å². The van der Waals surface area contributed by atoms with Gasteiger partial charge in [0.05, 0.1) is 5.56 Å². The van der Waals surface area contributed by atoms with Crippen molar-refractivity contribution in [2.24, 2.45) is 0 Å². The lowest BCUT2D eigenvalue weighted by Crippen LogP contribution is -2.35. The second-order valence-electron chi connectivity index (χ2n) is 6.55. The number of halogens is 2. The van der Waals surface area contributed by atoms with Crippen LogP contribution in [0.3, 0.4) is 0 Å². The van der Waals surface area contributed by atoms with Crippen molar-refractivity contribution in [1.29, 1.82) is 0 Å². The minimum Gasteiger partial charge on any atom is -0.360 e. The molecule has 1 N–H and O–H groups in total. The third-order valence-corrected chi connectivity index (χ3v) is 4.92. The molecule has 2 heterocycles. The number of aryl methyl sites for hydroxylation is 1. The first-order valence-electron chi connectivity index (χ1n) is 8.55. The van der Waals surface area contributed by atoms with E-state index in [1.165, 1.54) is 5.56 Å². The Morgan fingerprint density at radius 1 is 1.19 bits per heavy atom. The second kappa shape index (κ2) is 6.41. The van der Waals surface area contributed by atoms with Gasteiger partial charge in [-0.25, -0.2) is 8.78 Å². The molecule has 1 aromatic heterocycles. The van der Waals surface area contributed by atoms with Gasteiger partial charge in [0.25, 0.3) is 5.91 Å². The molecule has 0 unspecified atom stereocenters. The van der Waals surface area contributed by atoms with Gasteiger partial charge in [-0.1, -0.05) is 24.3 Å². The fraction of sp³-hybridized carbons (Fsp3) is 0.190. The first-order valence-corrected chi connectivity index (χ1v) is 8.55. The van der Waals surface area contributed by atoms with Crippen LogP contribution >= 0.6 is 0 Å². The third kappa shape index (κ3) is 2.79. The van der Waals surface area contributed by atoms with Gasteiger partial charge in [0.15, 0.2) is 0 Å². The van der Waals surface area contributed by atoms with E-state index in [2.05, 4.69) is 24.0 Å². The molecule has 0 aliphatic carbocycles. The number of hydrogen-bond acceptors (Lipinski definition) is 1. The smallest absolute Gasteiger partial charge is 0.257 e. The van der Waals surface area contributed by atoms with Crippen molar-refractivity contribution in [1.82, 2.24) is 9.88 Å². The molecule has 3 nitrogen and oxygen atoms in total. The number of rotatable bonds is 2. The Morgan fingerprint density at radius 2 is 2.04 bits per heavy atom. The number of amides is 1. The molecule has 132 valence electrons. The van der Waals surface area contributed by atoms with Crippen LogP contribution in [0.15, 0.2) is 48.7 Å². The first kappa shape index (κ1) is 16.5. The van der Waals surface area contributed by atoms with Gasteiger partial charge in [0.2, 0.25) is 0 Å². The number of carbonyl (C=O) groups is 1. The standard InChI is InChI=1S/C21H18F2N2O/c1-13-3-2-4-16-18(12-24-20(13)16)14-7-9-25(10-8-14)21(26)17-11-15(22)5-6-19(17)23/h2-7,11-12,24H,8-10H2,1H3. The van der Waals surface area contributed by atoms with Crippen molar-refractivity contribution in [3.63, 3.8) is 0 Å². The Hall–Kier alpha value is -2.95. The van der Waals surface area contributed by atoms with Crippen molar-refractivity contribution in [3.05, 3.63) is 77.0 Å². The number of aromatic nitrogens is 1. The van der Waals surface area contributed by atoms with Gasteiger partial charge in [0.1, 0.15) is 11.6 Å². The minimum absolute atomic E-state index is 0.218. The number of carbonyl (C=O) groups excluding carboxylic acids is 1. The third-order valence-electron chi connectivity index (χ3n) is 4.92. The summed E-state index contributed by atoms with van der Waals surface area (Å²) in [5.41, 5.74) is 4.37. The second-order valence-corrected chi connectivity index (χ2v) is 6.55. The summed E-state index contributed by atoms with van der Waals surface area (Å²) >= 11 is 0.